The van der Waals surface area contributed by atoms with Crippen LogP contribution in [-0.2, 0) is 9.63 Å². The maximum atomic E-state index is 10.8. The molecule has 0 bridgehead atoms. The molecule has 0 aliphatic heterocycles. The summed E-state index contributed by atoms with van der Waals surface area (Å²) in [7, 11) is 0. The predicted octanol–water partition coefficient (Wildman–Crippen LogP) is 1.81. The maximum absolute atomic E-state index is 10.8. The molecule has 0 amide bonds. The van der Waals surface area contributed by atoms with Crippen molar-refractivity contribution in [1.29, 1.82) is 0 Å². The lowest BCUT2D eigenvalue weighted by atomic mass is 9.86. The van der Waals surface area contributed by atoms with Gasteiger partial charge in [0.1, 0.15) is 0 Å². The first kappa shape index (κ1) is 12.5. The van der Waals surface area contributed by atoms with Crippen molar-refractivity contribution in [2.75, 3.05) is 6.61 Å². The Labute approximate surface area is 91.0 Å². The molecule has 0 aromatic carbocycles. The minimum atomic E-state index is -0.676. The zero-order valence-corrected chi connectivity index (χ0v) is 9.53. The first-order valence-electron chi connectivity index (χ1n) is 5.69. The lowest BCUT2D eigenvalue weighted by Gasteiger charge is -2.27. The fourth-order valence-electron chi connectivity index (χ4n) is 1.85. The number of hydrogen-bond donors (Lipinski definition) is 2. The predicted molar refractivity (Wildman–Crippen MR) is 57.3 cm³/mol. The van der Waals surface area contributed by atoms with Crippen LogP contribution in [-0.4, -0.2) is 23.7 Å². The lowest BCUT2D eigenvalue weighted by molar-refractivity contribution is -0.143. The van der Waals surface area contributed by atoms with E-state index >= 15 is 0 Å². The molecule has 4 nitrogen and oxygen atoms in total. The molecular weight excluding hydrogens is 194 g/mol. The zero-order chi connectivity index (χ0) is 11.3. The Balaban J connectivity index is 2.21. The van der Waals surface area contributed by atoms with Crippen LogP contribution in [0.1, 0.15) is 39.5 Å². The average Bonchev–Trinajstić information content (AvgIpc) is 2.17. The van der Waals surface area contributed by atoms with Gasteiger partial charge in [0.15, 0.2) is 0 Å². The smallest absolute Gasteiger partial charge is 0.306 e. The van der Waals surface area contributed by atoms with Gasteiger partial charge in [-0.3, -0.25) is 4.79 Å². The Morgan fingerprint density at radius 1 is 1.53 bits per heavy atom. The molecule has 0 radical (unpaired) electrons. The largest absolute Gasteiger partial charge is 0.481 e. The van der Waals surface area contributed by atoms with Gasteiger partial charge in [-0.1, -0.05) is 20.3 Å². The Kier molecular flexibility index (Phi) is 5.05. The number of carbonyl (C=O) groups is 1. The topological polar surface area (TPSA) is 58.6 Å². The van der Waals surface area contributed by atoms with Crippen molar-refractivity contribution in [3.63, 3.8) is 0 Å². The van der Waals surface area contributed by atoms with Crippen LogP contribution in [0, 0.1) is 11.8 Å². The van der Waals surface area contributed by atoms with Gasteiger partial charge >= 0.3 is 5.97 Å². The van der Waals surface area contributed by atoms with Crippen molar-refractivity contribution in [1.82, 2.24) is 5.48 Å². The number of carboxylic acid groups (broad SMARTS) is 1. The number of hydroxylamine groups is 1. The number of rotatable bonds is 5. The Hall–Kier alpha value is -0.610. The lowest BCUT2D eigenvalue weighted by Crippen LogP contribution is -2.37. The summed E-state index contributed by atoms with van der Waals surface area (Å²) in [4.78, 5) is 16.1. The van der Waals surface area contributed by atoms with Crippen LogP contribution in [0.3, 0.4) is 0 Å². The highest BCUT2D eigenvalue weighted by Gasteiger charge is 2.26. The van der Waals surface area contributed by atoms with E-state index in [9.17, 15) is 4.79 Å². The van der Waals surface area contributed by atoms with Gasteiger partial charge in [0, 0.05) is 6.04 Å². The summed E-state index contributed by atoms with van der Waals surface area (Å²) in [5.74, 6) is -0.374. The summed E-state index contributed by atoms with van der Waals surface area (Å²) in [6.45, 7) is 4.85. The standard InChI is InChI=1S/C11H21NO3/c1-8(2)7-15-12-10-5-3-4-9(6-10)11(13)14/h8-10,12H,3-7H2,1-2H3,(H,13,14). The van der Waals surface area contributed by atoms with Crippen LogP contribution in [0.15, 0.2) is 0 Å². The van der Waals surface area contributed by atoms with Gasteiger partial charge in [-0.2, -0.15) is 5.48 Å². The minimum Gasteiger partial charge on any atom is -0.481 e. The van der Waals surface area contributed by atoms with E-state index in [4.69, 9.17) is 9.94 Å². The molecule has 15 heavy (non-hydrogen) atoms. The van der Waals surface area contributed by atoms with Gasteiger partial charge in [-0.25, -0.2) is 0 Å². The van der Waals surface area contributed by atoms with E-state index in [1.54, 1.807) is 0 Å². The molecule has 1 rings (SSSR count). The van der Waals surface area contributed by atoms with Gasteiger partial charge in [0.25, 0.3) is 0 Å². The average molecular weight is 215 g/mol. The molecule has 0 saturated heterocycles. The molecule has 0 spiro atoms. The summed E-state index contributed by atoms with van der Waals surface area (Å²) in [5.41, 5.74) is 2.97. The van der Waals surface area contributed by atoms with E-state index in [2.05, 4.69) is 19.3 Å². The molecule has 0 heterocycles. The van der Waals surface area contributed by atoms with Crippen molar-refractivity contribution in [2.45, 2.75) is 45.6 Å². The van der Waals surface area contributed by atoms with Crippen LogP contribution in [0.5, 0.6) is 0 Å². The molecule has 2 unspecified atom stereocenters. The second kappa shape index (κ2) is 6.08. The van der Waals surface area contributed by atoms with Crippen LogP contribution >= 0.6 is 0 Å². The molecule has 2 atom stereocenters. The molecule has 2 N–H and O–H groups in total. The summed E-state index contributed by atoms with van der Waals surface area (Å²) in [5, 5.41) is 8.90. The third-order valence-corrected chi connectivity index (χ3v) is 2.69. The second-order valence-electron chi connectivity index (χ2n) is 4.72. The van der Waals surface area contributed by atoms with Gasteiger partial charge < -0.3 is 9.94 Å². The summed E-state index contributed by atoms with van der Waals surface area (Å²) >= 11 is 0. The van der Waals surface area contributed by atoms with Gasteiger partial charge in [0.2, 0.25) is 0 Å². The van der Waals surface area contributed by atoms with Crippen molar-refractivity contribution in [3.05, 3.63) is 0 Å². The Morgan fingerprint density at radius 2 is 2.27 bits per heavy atom. The molecule has 1 aliphatic rings. The van der Waals surface area contributed by atoms with Gasteiger partial charge in [-0.05, 0) is 25.2 Å². The van der Waals surface area contributed by atoms with E-state index in [1.165, 1.54) is 0 Å². The van der Waals surface area contributed by atoms with Crippen LogP contribution in [0.25, 0.3) is 0 Å². The highest BCUT2D eigenvalue weighted by Crippen LogP contribution is 2.24. The van der Waals surface area contributed by atoms with Crippen molar-refractivity contribution >= 4 is 5.97 Å². The molecule has 1 fully saturated rings. The van der Waals surface area contributed by atoms with Crippen LogP contribution in [0.2, 0.25) is 0 Å². The molecule has 0 aromatic heterocycles. The number of aliphatic carboxylic acids is 1. The van der Waals surface area contributed by atoms with E-state index in [0.717, 1.165) is 19.3 Å². The van der Waals surface area contributed by atoms with E-state index in [0.29, 0.717) is 18.9 Å². The van der Waals surface area contributed by atoms with Crippen molar-refractivity contribution in [2.24, 2.45) is 11.8 Å². The quantitative estimate of drug-likeness (QED) is 0.687. The van der Waals surface area contributed by atoms with E-state index in [1.807, 2.05) is 0 Å². The van der Waals surface area contributed by atoms with Crippen LogP contribution < -0.4 is 5.48 Å². The summed E-state index contributed by atoms with van der Waals surface area (Å²) in [6.07, 6.45) is 3.48. The minimum absolute atomic E-state index is 0.195. The fourth-order valence-corrected chi connectivity index (χ4v) is 1.85. The van der Waals surface area contributed by atoms with E-state index < -0.39 is 5.97 Å². The number of hydrogen-bond acceptors (Lipinski definition) is 3. The molecule has 1 aliphatic carbocycles. The molecule has 0 aromatic rings. The SMILES string of the molecule is CC(C)CONC1CCCC(C(=O)O)C1. The first-order chi connectivity index (χ1) is 7.09. The highest BCUT2D eigenvalue weighted by molar-refractivity contribution is 5.70. The Bertz CT molecular complexity index is 206. The molecule has 4 heteroatoms. The normalized spacial score (nSPS) is 26.9. The highest BCUT2D eigenvalue weighted by atomic mass is 16.6. The third-order valence-electron chi connectivity index (χ3n) is 2.69. The Morgan fingerprint density at radius 3 is 2.87 bits per heavy atom. The monoisotopic (exact) mass is 215 g/mol. The van der Waals surface area contributed by atoms with Crippen molar-refractivity contribution < 1.29 is 14.7 Å². The maximum Gasteiger partial charge on any atom is 0.306 e. The van der Waals surface area contributed by atoms with Crippen LogP contribution in [0.4, 0.5) is 0 Å². The van der Waals surface area contributed by atoms with Crippen molar-refractivity contribution in [3.8, 4) is 0 Å². The molecular formula is C11H21NO3. The number of nitrogens with one attached hydrogen (secondary N) is 1. The molecule has 88 valence electrons. The zero-order valence-electron chi connectivity index (χ0n) is 9.53. The summed E-state index contributed by atoms with van der Waals surface area (Å²) < 4.78 is 0. The van der Waals surface area contributed by atoms with Gasteiger partial charge in [-0.15, -0.1) is 0 Å². The number of carboxylic acids is 1. The van der Waals surface area contributed by atoms with E-state index in [-0.39, 0.29) is 12.0 Å². The third kappa shape index (κ3) is 4.62. The van der Waals surface area contributed by atoms with Gasteiger partial charge in [0.05, 0.1) is 12.5 Å². The summed E-state index contributed by atoms with van der Waals surface area (Å²) in [6, 6.07) is 0.207. The first-order valence-corrected chi connectivity index (χ1v) is 5.69. The fraction of sp³-hybridized carbons (Fsp3) is 0.909. The second-order valence-corrected chi connectivity index (χ2v) is 4.72. The molecule has 1 saturated carbocycles.